The van der Waals surface area contributed by atoms with Crippen LogP contribution in [0.1, 0.15) is 0 Å². The monoisotopic (exact) mass is 145 g/mol. The summed E-state index contributed by atoms with van der Waals surface area (Å²) in [6.07, 6.45) is 5.92. The van der Waals surface area contributed by atoms with Crippen molar-refractivity contribution in [2.45, 2.75) is 0 Å². The minimum absolute atomic E-state index is 0.751. The lowest BCUT2D eigenvalue weighted by molar-refractivity contribution is 0.781. The Labute approximate surface area is 63.5 Å². The van der Waals surface area contributed by atoms with Crippen LogP contribution in [0.15, 0.2) is 30.6 Å². The van der Waals surface area contributed by atoms with E-state index in [2.05, 4.69) is 21.5 Å². The first kappa shape index (κ1) is 6.03. The summed E-state index contributed by atoms with van der Waals surface area (Å²) >= 11 is 0. The zero-order valence-electron chi connectivity index (χ0n) is 5.68. The summed E-state index contributed by atoms with van der Waals surface area (Å²) < 4.78 is 1.56. The number of nitrogens with zero attached hydrogens (tertiary/aromatic N) is 4. The Kier molecular flexibility index (Phi) is 1.37. The molecule has 4 heteroatoms. The van der Waals surface area contributed by atoms with E-state index in [9.17, 15) is 0 Å². The molecule has 53 valence electrons. The molecule has 2 aromatic rings. The Morgan fingerprint density at radius 2 is 2.36 bits per heavy atom. The van der Waals surface area contributed by atoms with E-state index in [1.54, 1.807) is 17.1 Å². The van der Waals surface area contributed by atoms with Gasteiger partial charge in [0.25, 0.3) is 0 Å². The van der Waals surface area contributed by atoms with Gasteiger partial charge in [-0.1, -0.05) is 11.3 Å². The molecule has 2 aromatic heterocycles. The standard InChI is InChI=1S/C7H5N4/c1-2-4-8-7(3-1)11-6-5-9-10-11/h1-4,6H. The predicted molar refractivity (Wildman–Crippen MR) is 38.0 cm³/mol. The molecule has 0 amide bonds. The van der Waals surface area contributed by atoms with Crippen molar-refractivity contribution in [2.75, 3.05) is 0 Å². The minimum atomic E-state index is 0.751. The number of aromatic nitrogens is 4. The number of pyridine rings is 1. The van der Waals surface area contributed by atoms with Crippen molar-refractivity contribution in [3.8, 4) is 5.82 Å². The highest BCUT2D eigenvalue weighted by atomic mass is 15.4. The van der Waals surface area contributed by atoms with Gasteiger partial charge in [0.15, 0.2) is 5.82 Å². The molecule has 0 aliphatic heterocycles. The Morgan fingerprint density at radius 1 is 1.36 bits per heavy atom. The fraction of sp³-hybridized carbons (Fsp3) is 0. The summed E-state index contributed by atoms with van der Waals surface area (Å²) in [5.74, 6) is 0.751. The molecule has 0 spiro atoms. The first-order valence-corrected chi connectivity index (χ1v) is 3.16. The van der Waals surface area contributed by atoms with Crippen LogP contribution in [0.2, 0.25) is 0 Å². The van der Waals surface area contributed by atoms with E-state index in [4.69, 9.17) is 0 Å². The molecule has 1 radical (unpaired) electrons. The van der Waals surface area contributed by atoms with E-state index in [1.165, 1.54) is 0 Å². The molecule has 0 N–H and O–H groups in total. The molecular formula is C7H5N4. The summed E-state index contributed by atoms with van der Waals surface area (Å²) in [5, 5.41) is 7.28. The van der Waals surface area contributed by atoms with Gasteiger partial charge in [0.05, 0.1) is 6.20 Å². The normalized spacial score (nSPS) is 9.82. The van der Waals surface area contributed by atoms with Crippen LogP contribution in [0.25, 0.3) is 5.82 Å². The molecule has 0 aliphatic rings. The van der Waals surface area contributed by atoms with Gasteiger partial charge in [-0.2, -0.15) is 0 Å². The zero-order valence-corrected chi connectivity index (χ0v) is 5.68. The molecule has 0 bridgehead atoms. The highest BCUT2D eigenvalue weighted by Crippen LogP contribution is 1.97. The second kappa shape index (κ2) is 2.49. The highest BCUT2D eigenvalue weighted by molar-refractivity contribution is 5.18. The summed E-state index contributed by atoms with van der Waals surface area (Å²) in [6.45, 7) is 0. The number of rotatable bonds is 1. The SMILES string of the molecule is [c]1cn(-c2ccccn2)nn1. The van der Waals surface area contributed by atoms with Crippen LogP contribution >= 0.6 is 0 Å². The zero-order chi connectivity index (χ0) is 7.52. The molecule has 0 fully saturated rings. The predicted octanol–water partition coefficient (Wildman–Crippen LogP) is 0.462. The van der Waals surface area contributed by atoms with E-state index >= 15 is 0 Å². The Hall–Kier alpha value is -1.71. The van der Waals surface area contributed by atoms with E-state index < -0.39 is 0 Å². The number of hydrogen-bond acceptors (Lipinski definition) is 3. The molecule has 11 heavy (non-hydrogen) atoms. The van der Waals surface area contributed by atoms with Crippen LogP contribution in [0.4, 0.5) is 0 Å². The first-order chi connectivity index (χ1) is 5.47. The van der Waals surface area contributed by atoms with Crippen molar-refractivity contribution >= 4 is 0 Å². The van der Waals surface area contributed by atoms with Crippen molar-refractivity contribution in [2.24, 2.45) is 0 Å². The quantitative estimate of drug-likeness (QED) is 0.585. The third-order valence-electron chi connectivity index (χ3n) is 1.26. The Balaban J connectivity index is 2.46. The van der Waals surface area contributed by atoms with Crippen LogP contribution in [-0.2, 0) is 0 Å². The van der Waals surface area contributed by atoms with Crippen molar-refractivity contribution in [1.29, 1.82) is 0 Å². The molecule has 0 atom stereocenters. The highest BCUT2D eigenvalue weighted by Gasteiger charge is 1.93. The van der Waals surface area contributed by atoms with E-state index in [-0.39, 0.29) is 0 Å². The molecule has 0 saturated carbocycles. The lowest BCUT2D eigenvalue weighted by Gasteiger charge is -1.94. The third-order valence-corrected chi connectivity index (χ3v) is 1.26. The lowest BCUT2D eigenvalue weighted by Crippen LogP contribution is -1.96. The van der Waals surface area contributed by atoms with Crippen molar-refractivity contribution < 1.29 is 0 Å². The molecule has 4 nitrogen and oxygen atoms in total. The van der Waals surface area contributed by atoms with E-state index in [1.807, 2.05) is 18.2 Å². The summed E-state index contributed by atoms with van der Waals surface area (Å²) in [6, 6.07) is 5.59. The van der Waals surface area contributed by atoms with Crippen LogP contribution in [0.3, 0.4) is 0 Å². The van der Waals surface area contributed by atoms with E-state index in [0.29, 0.717) is 0 Å². The molecule has 2 heterocycles. The maximum absolute atomic E-state index is 4.06. The Bertz CT molecular complexity index is 313. The van der Waals surface area contributed by atoms with Crippen molar-refractivity contribution in [3.05, 3.63) is 36.8 Å². The van der Waals surface area contributed by atoms with Crippen molar-refractivity contribution in [3.63, 3.8) is 0 Å². The third kappa shape index (κ3) is 1.10. The molecule has 2 rings (SSSR count). The molecule has 0 aromatic carbocycles. The molecule has 0 saturated heterocycles. The molecule has 0 unspecified atom stereocenters. The fourth-order valence-corrected chi connectivity index (χ4v) is 0.782. The van der Waals surface area contributed by atoms with Gasteiger partial charge in [0, 0.05) is 6.20 Å². The fourth-order valence-electron chi connectivity index (χ4n) is 0.782. The second-order valence-electron chi connectivity index (χ2n) is 1.98. The summed E-state index contributed by atoms with van der Waals surface area (Å²) in [7, 11) is 0. The van der Waals surface area contributed by atoms with Gasteiger partial charge in [-0.3, -0.25) is 0 Å². The van der Waals surface area contributed by atoms with Crippen LogP contribution in [-0.4, -0.2) is 20.0 Å². The van der Waals surface area contributed by atoms with Gasteiger partial charge in [0.1, 0.15) is 6.20 Å². The average molecular weight is 145 g/mol. The van der Waals surface area contributed by atoms with Crippen LogP contribution in [0.5, 0.6) is 0 Å². The maximum atomic E-state index is 4.06. The topological polar surface area (TPSA) is 43.6 Å². The lowest BCUT2D eigenvalue weighted by atomic mass is 10.5. The average Bonchev–Trinajstić information content (AvgIpc) is 2.58. The van der Waals surface area contributed by atoms with Gasteiger partial charge in [-0.05, 0) is 12.1 Å². The molecular weight excluding hydrogens is 140 g/mol. The van der Waals surface area contributed by atoms with Gasteiger partial charge in [0.2, 0.25) is 0 Å². The summed E-state index contributed by atoms with van der Waals surface area (Å²) in [4.78, 5) is 4.06. The first-order valence-electron chi connectivity index (χ1n) is 3.16. The minimum Gasteiger partial charge on any atom is -0.237 e. The van der Waals surface area contributed by atoms with E-state index in [0.717, 1.165) is 5.82 Å². The van der Waals surface area contributed by atoms with Gasteiger partial charge in [-0.25, -0.2) is 9.67 Å². The van der Waals surface area contributed by atoms with Gasteiger partial charge in [-0.15, -0.1) is 5.10 Å². The van der Waals surface area contributed by atoms with Crippen molar-refractivity contribution in [1.82, 2.24) is 20.0 Å². The van der Waals surface area contributed by atoms with Crippen LogP contribution in [0, 0.1) is 6.20 Å². The number of hydrogen-bond donors (Lipinski definition) is 0. The van der Waals surface area contributed by atoms with Crippen LogP contribution < -0.4 is 0 Å². The molecule has 0 aliphatic carbocycles. The second-order valence-corrected chi connectivity index (χ2v) is 1.98. The van der Waals surface area contributed by atoms with Gasteiger partial charge < -0.3 is 0 Å². The van der Waals surface area contributed by atoms with Gasteiger partial charge >= 0.3 is 0 Å². The smallest absolute Gasteiger partial charge is 0.155 e. The summed E-state index contributed by atoms with van der Waals surface area (Å²) in [5.41, 5.74) is 0. The maximum Gasteiger partial charge on any atom is 0.155 e. The Morgan fingerprint density at radius 3 is 3.00 bits per heavy atom. The largest absolute Gasteiger partial charge is 0.237 e.